The molecule has 0 saturated heterocycles. The van der Waals surface area contributed by atoms with Crippen LogP contribution in [0.4, 0.5) is 5.69 Å². The zero-order chi connectivity index (χ0) is 13.6. The maximum atomic E-state index is 5.87. The summed E-state index contributed by atoms with van der Waals surface area (Å²) in [6, 6.07) is 7.69. The highest BCUT2D eigenvalue weighted by molar-refractivity contribution is 9.10. The molecular weight excluding hydrogens is 306 g/mol. The van der Waals surface area contributed by atoms with E-state index in [2.05, 4.69) is 31.1 Å². The Labute approximate surface area is 118 Å². The van der Waals surface area contributed by atoms with Gasteiger partial charge < -0.3 is 5.73 Å². The van der Waals surface area contributed by atoms with Crippen molar-refractivity contribution in [3.63, 3.8) is 0 Å². The third-order valence-corrected chi connectivity index (χ3v) is 3.33. The molecule has 0 radical (unpaired) electrons. The standard InChI is InChI=1S/C13H12BrN5/c1-7-3-8(2)19-12(17-18-13(19)16-7)9-4-10(14)6-11(15)5-9/h3-6H,15H2,1-2H3. The average molecular weight is 318 g/mol. The molecule has 2 heterocycles. The molecule has 6 heteroatoms. The maximum Gasteiger partial charge on any atom is 0.255 e. The number of aromatic nitrogens is 4. The summed E-state index contributed by atoms with van der Waals surface area (Å²) in [5.41, 5.74) is 9.43. The molecule has 96 valence electrons. The van der Waals surface area contributed by atoms with E-state index in [1.807, 2.05) is 42.5 Å². The molecule has 0 saturated carbocycles. The lowest BCUT2D eigenvalue weighted by atomic mass is 10.2. The number of nitrogens with two attached hydrogens (primary N) is 1. The zero-order valence-corrected chi connectivity index (χ0v) is 12.1. The number of halogens is 1. The molecule has 3 rings (SSSR count). The Hall–Kier alpha value is -1.95. The van der Waals surface area contributed by atoms with Crippen molar-refractivity contribution in [3.05, 3.63) is 40.1 Å². The van der Waals surface area contributed by atoms with Crippen molar-refractivity contribution in [2.75, 3.05) is 5.73 Å². The molecule has 2 aromatic heterocycles. The van der Waals surface area contributed by atoms with Crippen molar-refractivity contribution >= 4 is 27.4 Å². The van der Waals surface area contributed by atoms with E-state index < -0.39 is 0 Å². The van der Waals surface area contributed by atoms with E-state index in [1.165, 1.54) is 0 Å². The van der Waals surface area contributed by atoms with Gasteiger partial charge in [0, 0.05) is 27.1 Å². The number of hydrogen-bond acceptors (Lipinski definition) is 4. The lowest BCUT2D eigenvalue weighted by molar-refractivity contribution is 1.02. The van der Waals surface area contributed by atoms with Gasteiger partial charge >= 0.3 is 0 Å². The fraction of sp³-hybridized carbons (Fsp3) is 0.154. The van der Waals surface area contributed by atoms with Gasteiger partial charge in [-0.15, -0.1) is 10.2 Å². The van der Waals surface area contributed by atoms with Gasteiger partial charge in [-0.05, 0) is 38.1 Å². The minimum Gasteiger partial charge on any atom is -0.399 e. The molecule has 19 heavy (non-hydrogen) atoms. The summed E-state index contributed by atoms with van der Waals surface area (Å²) >= 11 is 3.44. The predicted octanol–water partition coefficient (Wildman–Crippen LogP) is 2.75. The van der Waals surface area contributed by atoms with Gasteiger partial charge in [0.15, 0.2) is 5.82 Å². The van der Waals surface area contributed by atoms with E-state index in [9.17, 15) is 0 Å². The van der Waals surface area contributed by atoms with Crippen LogP contribution < -0.4 is 5.73 Å². The van der Waals surface area contributed by atoms with Crippen molar-refractivity contribution in [1.82, 2.24) is 19.6 Å². The van der Waals surface area contributed by atoms with Crippen LogP contribution in [0.2, 0.25) is 0 Å². The number of benzene rings is 1. The van der Waals surface area contributed by atoms with Gasteiger partial charge in [-0.25, -0.2) is 4.98 Å². The molecular formula is C13H12BrN5. The quantitative estimate of drug-likeness (QED) is 0.701. The smallest absolute Gasteiger partial charge is 0.255 e. The second kappa shape index (κ2) is 4.31. The van der Waals surface area contributed by atoms with E-state index in [0.717, 1.165) is 27.2 Å². The number of anilines is 1. The maximum absolute atomic E-state index is 5.87. The van der Waals surface area contributed by atoms with Gasteiger partial charge in [0.25, 0.3) is 5.78 Å². The van der Waals surface area contributed by atoms with Crippen molar-refractivity contribution in [2.45, 2.75) is 13.8 Å². The second-order valence-corrected chi connectivity index (χ2v) is 5.39. The topological polar surface area (TPSA) is 69.1 Å². The molecule has 0 aliphatic rings. The van der Waals surface area contributed by atoms with Gasteiger partial charge in [0.05, 0.1) is 0 Å². The first kappa shape index (κ1) is 12.1. The van der Waals surface area contributed by atoms with Crippen molar-refractivity contribution < 1.29 is 0 Å². The number of nitrogens with zero attached hydrogens (tertiary/aromatic N) is 4. The Bertz CT molecular complexity index is 758. The first-order chi connectivity index (χ1) is 9.04. The van der Waals surface area contributed by atoms with E-state index in [4.69, 9.17) is 5.73 Å². The van der Waals surface area contributed by atoms with Gasteiger partial charge in [-0.2, -0.15) is 0 Å². The highest BCUT2D eigenvalue weighted by Gasteiger charge is 2.12. The van der Waals surface area contributed by atoms with Crippen LogP contribution in [-0.4, -0.2) is 19.6 Å². The molecule has 0 spiro atoms. The van der Waals surface area contributed by atoms with E-state index in [-0.39, 0.29) is 0 Å². The van der Waals surface area contributed by atoms with Crippen LogP contribution in [0.1, 0.15) is 11.4 Å². The fourth-order valence-corrected chi connectivity index (χ4v) is 2.67. The first-order valence-corrected chi connectivity index (χ1v) is 6.60. The minimum absolute atomic E-state index is 0.603. The second-order valence-electron chi connectivity index (χ2n) is 4.47. The minimum atomic E-state index is 0.603. The Balaban J connectivity index is 2.31. The summed E-state index contributed by atoms with van der Waals surface area (Å²) in [6.07, 6.45) is 0. The Morgan fingerprint density at radius 1 is 1.11 bits per heavy atom. The summed E-state index contributed by atoms with van der Waals surface area (Å²) in [6.45, 7) is 3.95. The number of hydrogen-bond donors (Lipinski definition) is 1. The van der Waals surface area contributed by atoms with Crippen LogP contribution >= 0.6 is 15.9 Å². The lowest BCUT2D eigenvalue weighted by Gasteiger charge is -2.05. The van der Waals surface area contributed by atoms with E-state index in [1.54, 1.807) is 0 Å². The summed E-state index contributed by atoms with van der Waals surface area (Å²) in [5, 5.41) is 8.35. The van der Waals surface area contributed by atoms with Crippen LogP contribution in [0.3, 0.4) is 0 Å². The van der Waals surface area contributed by atoms with Crippen molar-refractivity contribution in [2.24, 2.45) is 0 Å². The van der Waals surface area contributed by atoms with Crippen molar-refractivity contribution in [1.29, 1.82) is 0 Å². The monoisotopic (exact) mass is 317 g/mol. The average Bonchev–Trinajstić information content (AvgIpc) is 2.71. The molecule has 0 unspecified atom stereocenters. The molecule has 0 amide bonds. The van der Waals surface area contributed by atoms with Crippen LogP contribution in [0.5, 0.6) is 0 Å². The molecule has 1 aromatic carbocycles. The SMILES string of the molecule is Cc1cc(C)n2c(-c3cc(N)cc(Br)c3)nnc2n1. The summed E-state index contributed by atoms with van der Waals surface area (Å²) in [7, 11) is 0. The summed E-state index contributed by atoms with van der Waals surface area (Å²) in [4.78, 5) is 4.37. The molecule has 0 fully saturated rings. The van der Waals surface area contributed by atoms with Crippen LogP contribution in [0.15, 0.2) is 28.7 Å². The Morgan fingerprint density at radius 2 is 1.89 bits per heavy atom. The third-order valence-electron chi connectivity index (χ3n) is 2.87. The lowest BCUT2D eigenvalue weighted by Crippen LogP contribution is -1.98. The van der Waals surface area contributed by atoms with Gasteiger partial charge in [-0.3, -0.25) is 4.40 Å². The van der Waals surface area contributed by atoms with Crippen LogP contribution in [0, 0.1) is 13.8 Å². The molecule has 3 aromatic rings. The Morgan fingerprint density at radius 3 is 2.63 bits per heavy atom. The van der Waals surface area contributed by atoms with Gasteiger partial charge in [0.1, 0.15) is 0 Å². The van der Waals surface area contributed by atoms with Crippen LogP contribution in [0.25, 0.3) is 17.2 Å². The number of rotatable bonds is 1. The third kappa shape index (κ3) is 2.08. The Kier molecular flexibility index (Phi) is 2.74. The normalized spacial score (nSPS) is 11.1. The zero-order valence-electron chi connectivity index (χ0n) is 10.6. The molecule has 5 nitrogen and oxygen atoms in total. The fourth-order valence-electron chi connectivity index (χ4n) is 2.16. The van der Waals surface area contributed by atoms with E-state index in [0.29, 0.717) is 11.5 Å². The van der Waals surface area contributed by atoms with Gasteiger partial charge in [-0.1, -0.05) is 15.9 Å². The van der Waals surface area contributed by atoms with Crippen molar-refractivity contribution in [3.8, 4) is 11.4 Å². The van der Waals surface area contributed by atoms with Crippen LogP contribution in [-0.2, 0) is 0 Å². The number of fused-ring (bicyclic) bond motifs is 1. The number of aryl methyl sites for hydroxylation is 2. The molecule has 0 atom stereocenters. The highest BCUT2D eigenvalue weighted by atomic mass is 79.9. The van der Waals surface area contributed by atoms with Gasteiger partial charge in [0.2, 0.25) is 0 Å². The predicted molar refractivity (Wildman–Crippen MR) is 77.8 cm³/mol. The molecule has 0 aliphatic carbocycles. The highest BCUT2D eigenvalue weighted by Crippen LogP contribution is 2.26. The molecule has 0 aliphatic heterocycles. The largest absolute Gasteiger partial charge is 0.399 e. The summed E-state index contributed by atoms with van der Waals surface area (Å²) < 4.78 is 2.84. The number of nitrogen functional groups attached to an aromatic ring is 1. The molecule has 0 bridgehead atoms. The van der Waals surface area contributed by atoms with E-state index >= 15 is 0 Å². The first-order valence-electron chi connectivity index (χ1n) is 5.80. The molecule has 2 N–H and O–H groups in total. The summed E-state index contributed by atoms with van der Waals surface area (Å²) in [5.74, 6) is 1.35.